The Balaban J connectivity index is 3.06. The van der Waals surface area contributed by atoms with Gasteiger partial charge in [-0.3, -0.25) is 0 Å². The van der Waals surface area contributed by atoms with E-state index in [1.165, 1.54) is 13.2 Å². The molecule has 1 rings (SSSR count). The van der Waals surface area contributed by atoms with Crippen LogP contribution in [0, 0.1) is 6.92 Å². The summed E-state index contributed by atoms with van der Waals surface area (Å²) in [7, 11) is 1.19. The maximum absolute atomic E-state index is 12.4. The molecule has 1 atom stereocenters. The zero-order valence-electron chi connectivity index (χ0n) is 8.66. The Bertz CT molecular complexity index is 363. The molecule has 1 aromatic carbocycles. The molecule has 0 amide bonds. The average Bonchev–Trinajstić information content (AvgIpc) is 2.27. The first-order valence-corrected chi connectivity index (χ1v) is 4.51. The van der Waals surface area contributed by atoms with Crippen molar-refractivity contribution >= 4 is 5.97 Å². The van der Waals surface area contributed by atoms with E-state index in [4.69, 9.17) is 0 Å². The minimum absolute atomic E-state index is 0.386. The second-order valence-corrected chi connectivity index (χ2v) is 3.25. The predicted octanol–water partition coefficient (Wildman–Crippen LogP) is 1.67. The molecular weight excluding hydrogens is 199 g/mol. The van der Waals surface area contributed by atoms with Crippen LogP contribution < -0.4 is 0 Å². The molecule has 0 heterocycles. The topological polar surface area (TPSA) is 46.5 Å². The molecule has 0 aliphatic heterocycles. The number of esters is 1. The van der Waals surface area contributed by atoms with Crippen LogP contribution in [0.15, 0.2) is 18.2 Å². The molecule has 0 spiro atoms. The Morgan fingerprint density at radius 3 is 2.80 bits per heavy atom. The molecule has 1 N–H and O–H groups in total. The first-order valence-electron chi connectivity index (χ1n) is 4.51. The van der Waals surface area contributed by atoms with E-state index in [1.54, 1.807) is 19.1 Å². The van der Waals surface area contributed by atoms with Crippen LogP contribution in [0.4, 0.5) is 4.39 Å². The Morgan fingerprint density at radius 1 is 1.60 bits per heavy atom. The van der Waals surface area contributed by atoms with E-state index in [9.17, 15) is 14.3 Å². The highest BCUT2D eigenvalue weighted by atomic mass is 19.1. The molecule has 0 aromatic heterocycles. The predicted molar refractivity (Wildman–Crippen MR) is 53.0 cm³/mol. The van der Waals surface area contributed by atoms with Crippen LogP contribution in [-0.2, 0) is 16.2 Å². The van der Waals surface area contributed by atoms with Crippen LogP contribution in [0.1, 0.15) is 22.8 Å². The van der Waals surface area contributed by atoms with E-state index in [1.807, 2.05) is 0 Å². The van der Waals surface area contributed by atoms with Crippen molar-refractivity contribution in [3.63, 3.8) is 0 Å². The number of hydrogen-bond donors (Lipinski definition) is 1. The number of carbonyl (C=O) groups excluding carboxylic acids is 1. The van der Waals surface area contributed by atoms with Crippen LogP contribution in [0.5, 0.6) is 0 Å². The van der Waals surface area contributed by atoms with Crippen LogP contribution in [0.3, 0.4) is 0 Å². The van der Waals surface area contributed by atoms with E-state index >= 15 is 0 Å². The first kappa shape index (κ1) is 11.7. The number of aliphatic hydroxyl groups excluding tert-OH is 1. The van der Waals surface area contributed by atoms with Crippen LogP contribution in [0.25, 0.3) is 0 Å². The van der Waals surface area contributed by atoms with Gasteiger partial charge in [0.15, 0.2) is 6.10 Å². The maximum Gasteiger partial charge on any atom is 0.339 e. The van der Waals surface area contributed by atoms with Crippen LogP contribution in [0.2, 0.25) is 0 Å². The standard InChI is InChI=1S/C11H13FO3/c1-7-3-4-8(6-12)5-9(7)10(13)11(14)15-2/h3-5,10,13H,6H2,1-2H3. The van der Waals surface area contributed by atoms with E-state index in [0.29, 0.717) is 11.1 Å². The summed E-state index contributed by atoms with van der Waals surface area (Å²) in [6, 6.07) is 4.75. The van der Waals surface area contributed by atoms with E-state index in [0.717, 1.165) is 5.56 Å². The van der Waals surface area contributed by atoms with Crippen molar-refractivity contribution in [2.24, 2.45) is 0 Å². The molecule has 82 valence electrons. The summed E-state index contributed by atoms with van der Waals surface area (Å²) in [5, 5.41) is 9.59. The number of aliphatic hydroxyl groups is 1. The van der Waals surface area contributed by atoms with Crippen molar-refractivity contribution < 1.29 is 19.0 Å². The maximum atomic E-state index is 12.4. The van der Waals surface area contributed by atoms with Crippen molar-refractivity contribution in [2.75, 3.05) is 7.11 Å². The van der Waals surface area contributed by atoms with Gasteiger partial charge in [0.1, 0.15) is 6.67 Å². The molecule has 0 aliphatic rings. The number of halogens is 1. The Labute approximate surface area is 87.5 Å². The van der Waals surface area contributed by atoms with Gasteiger partial charge in [-0.2, -0.15) is 0 Å². The fourth-order valence-corrected chi connectivity index (χ4v) is 1.31. The first-order chi connectivity index (χ1) is 7.10. The highest BCUT2D eigenvalue weighted by Crippen LogP contribution is 2.20. The van der Waals surface area contributed by atoms with Gasteiger partial charge >= 0.3 is 5.97 Å². The molecular formula is C11H13FO3. The van der Waals surface area contributed by atoms with Crippen molar-refractivity contribution in [3.8, 4) is 0 Å². The summed E-state index contributed by atoms with van der Waals surface area (Å²) >= 11 is 0. The number of carbonyl (C=O) groups is 1. The number of benzene rings is 1. The Hall–Kier alpha value is -1.42. The minimum Gasteiger partial charge on any atom is -0.467 e. The number of methoxy groups -OCH3 is 1. The van der Waals surface area contributed by atoms with Crippen molar-refractivity contribution in [3.05, 3.63) is 34.9 Å². The molecule has 0 bridgehead atoms. The molecule has 0 saturated heterocycles. The van der Waals surface area contributed by atoms with Gasteiger partial charge < -0.3 is 9.84 Å². The second-order valence-electron chi connectivity index (χ2n) is 3.25. The van der Waals surface area contributed by atoms with Gasteiger partial charge in [0.25, 0.3) is 0 Å². The van der Waals surface area contributed by atoms with Crippen molar-refractivity contribution in [2.45, 2.75) is 19.7 Å². The molecule has 4 heteroatoms. The number of ether oxygens (including phenoxy) is 1. The number of rotatable bonds is 3. The van der Waals surface area contributed by atoms with Gasteiger partial charge in [0.05, 0.1) is 7.11 Å². The van der Waals surface area contributed by atoms with E-state index in [-0.39, 0.29) is 0 Å². The van der Waals surface area contributed by atoms with Gasteiger partial charge in [0.2, 0.25) is 0 Å². The fourth-order valence-electron chi connectivity index (χ4n) is 1.31. The molecule has 3 nitrogen and oxygen atoms in total. The largest absolute Gasteiger partial charge is 0.467 e. The average molecular weight is 212 g/mol. The van der Waals surface area contributed by atoms with Gasteiger partial charge in [-0.1, -0.05) is 12.1 Å². The summed E-state index contributed by atoms with van der Waals surface area (Å²) in [6.07, 6.45) is -1.35. The number of aryl methyl sites for hydroxylation is 1. The summed E-state index contributed by atoms with van der Waals surface area (Å²) < 4.78 is 16.8. The van der Waals surface area contributed by atoms with Gasteiger partial charge in [0, 0.05) is 0 Å². The monoisotopic (exact) mass is 212 g/mol. The van der Waals surface area contributed by atoms with Crippen LogP contribution in [-0.4, -0.2) is 18.2 Å². The Kier molecular flexibility index (Phi) is 3.80. The number of alkyl halides is 1. The smallest absolute Gasteiger partial charge is 0.339 e. The zero-order chi connectivity index (χ0) is 11.4. The summed E-state index contributed by atoms with van der Waals surface area (Å²) in [4.78, 5) is 11.1. The molecule has 0 fully saturated rings. The van der Waals surface area contributed by atoms with E-state index < -0.39 is 18.7 Å². The lowest BCUT2D eigenvalue weighted by atomic mass is 10.0. The third-order valence-corrected chi connectivity index (χ3v) is 2.22. The van der Waals surface area contributed by atoms with E-state index in [2.05, 4.69) is 4.74 Å². The SMILES string of the molecule is COC(=O)C(O)c1cc(CF)ccc1C. The highest BCUT2D eigenvalue weighted by Gasteiger charge is 2.19. The van der Waals surface area contributed by atoms with Crippen molar-refractivity contribution in [1.82, 2.24) is 0 Å². The summed E-state index contributed by atoms with van der Waals surface area (Å²) in [6.45, 7) is 1.12. The van der Waals surface area contributed by atoms with Gasteiger partial charge in [-0.15, -0.1) is 0 Å². The Morgan fingerprint density at radius 2 is 2.27 bits per heavy atom. The number of hydrogen-bond acceptors (Lipinski definition) is 3. The molecule has 0 radical (unpaired) electrons. The summed E-state index contributed by atoms with van der Waals surface area (Å²) in [5.41, 5.74) is 1.54. The zero-order valence-corrected chi connectivity index (χ0v) is 8.66. The third kappa shape index (κ3) is 2.53. The highest BCUT2D eigenvalue weighted by molar-refractivity contribution is 5.76. The molecule has 15 heavy (non-hydrogen) atoms. The summed E-state index contributed by atoms with van der Waals surface area (Å²) in [5.74, 6) is -0.742. The van der Waals surface area contributed by atoms with Gasteiger partial charge in [-0.05, 0) is 29.7 Å². The third-order valence-electron chi connectivity index (χ3n) is 2.22. The normalized spacial score (nSPS) is 12.3. The fraction of sp³-hybridized carbons (Fsp3) is 0.364. The second kappa shape index (κ2) is 4.89. The quantitative estimate of drug-likeness (QED) is 0.775. The lowest BCUT2D eigenvalue weighted by molar-refractivity contribution is -0.150. The van der Waals surface area contributed by atoms with Gasteiger partial charge in [-0.25, -0.2) is 9.18 Å². The molecule has 0 aliphatic carbocycles. The lowest BCUT2D eigenvalue weighted by Gasteiger charge is -2.12. The minimum atomic E-state index is -1.35. The van der Waals surface area contributed by atoms with Crippen LogP contribution >= 0.6 is 0 Å². The lowest BCUT2D eigenvalue weighted by Crippen LogP contribution is -2.14. The molecule has 1 aromatic rings. The molecule has 0 saturated carbocycles. The molecule has 1 unspecified atom stereocenters. The van der Waals surface area contributed by atoms with Crippen molar-refractivity contribution in [1.29, 1.82) is 0 Å².